The quantitative estimate of drug-likeness (QED) is 0.256. The first-order chi connectivity index (χ1) is 6.83. The largest absolute Gasteiger partial charge is 0.330 e. The van der Waals surface area contributed by atoms with Crippen molar-refractivity contribution in [3.8, 4) is 0 Å². The second-order valence-corrected chi connectivity index (χ2v) is 3.55. The molecule has 0 aliphatic carbocycles. The van der Waals surface area contributed by atoms with Gasteiger partial charge in [-0.25, -0.2) is 0 Å². The minimum absolute atomic E-state index is 0. The van der Waals surface area contributed by atoms with Crippen molar-refractivity contribution < 1.29 is 0 Å². The van der Waals surface area contributed by atoms with Gasteiger partial charge in [0.15, 0.2) is 0 Å². The molecule has 15 heavy (non-hydrogen) atoms. The van der Waals surface area contributed by atoms with Gasteiger partial charge in [-0.15, -0.1) is 0 Å². The second-order valence-electron chi connectivity index (χ2n) is 3.55. The van der Waals surface area contributed by atoms with Crippen LogP contribution in [0.4, 0.5) is 0 Å². The Morgan fingerprint density at radius 2 is 1.20 bits per heavy atom. The number of hydrazine groups is 1. The van der Waals surface area contributed by atoms with E-state index in [1.54, 1.807) is 7.05 Å². The number of nitrogens with one attached hydrogen (secondary N) is 1. The zero-order valence-corrected chi connectivity index (χ0v) is 13.0. The maximum absolute atomic E-state index is 5.39. The van der Waals surface area contributed by atoms with Crippen LogP contribution in [0.3, 0.4) is 0 Å². The van der Waals surface area contributed by atoms with E-state index < -0.39 is 0 Å². The monoisotopic (exact) mass is 226 g/mol. The Balaban J connectivity index is -0.000000320. The van der Waals surface area contributed by atoms with Gasteiger partial charge >= 0.3 is 0 Å². The number of hydrogen-bond acceptors (Lipinski definition) is 3. The van der Waals surface area contributed by atoms with Crippen molar-refractivity contribution in [2.45, 2.75) is 58.3 Å². The van der Waals surface area contributed by atoms with Gasteiger partial charge in [-0.1, -0.05) is 51.9 Å². The van der Waals surface area contributed by atoms with Crippen LogP contribution in [0.15, 0.2) is 0 Å². The maximum Gasteiger partial charge on any atom is 0 e. The molecular formula is C11H29N3Na. The van der Waals surface area contributed by atoms with Crippen molar-refractivity contribution >= 4 is 29.6 Å². The summed E-state index contributed by atoms with van der Waals surface area (Å²) in [4.78, 5) is 0. The molecule has 0 unspecified atom stereocenters. The van der Waals surface area contributed by atoms with Gasteiger partial charge in [0, 0.05) is 29.6 Å². The minimum atomic E-state index is 0. The first-order valence-corrected chi connectivity index (χ1v) is 5.90. The van der Waals surface area contributed by atoms with Gasteiger partial charge < -0.3 is 5.73 Å². The fraction of sp³-hybridized carbons (Fsp3) is 1.00. The maximum atomic E-state index is 5.39. The predicted molar refractivity (Wildman–Crippen MR) is 70.7 cm³/mol. The molecule has 1 radical (unpaired) electrons. The summed E-state index contributed by atoms with van der Waals surface area (Å²) in [5.41, 5.74) is 7.64. The van der Waals surface area contributed by atoms with Crippen molar-refractivity contribution in [1.29, 1.82) is 0 Å². The molecule has 3 nitrogen and oxygen atoms in total. The third kappa shape index (κ3) is 31.3. The van der Waals surface area contributed by atoms with E-state index in [9.17, 15) is 0 Å². The molecule has 0 aromatic rings. The van der Waals surface area contributed by atoms with Crippen molar-refractivity contribution in [3.63, 3.8) is 0 Å². The molecule has 0 heterocycles. The minimum Gasteiger partial charge on any atom is -0.330 e. The summed E-state index contributed by atoms with van der Waals surface area (Å²) < 4.78 is 0. The topological polar surface area (TPSA) is 64.1 Å². The van der Waals surface area contributed by atoms with Gasteiger partial charge in [0.05, 0.1) is 0 Å². The summed E-state index contributed by atoms with van der Waals surface area (Å²) in [7, 11) is 1.65. The van der Waals surface area contributed by atoms with E-state index >= 15 is 0 Å². The Labute approximate surface area is 118 Å². The fourth-order valence-electron chi connectivity index (χ4n) is 1.28. The van der Waals surface area contributed by atoms with E-state index in [2.05, 4.69) is 18.2 Å². The fourth-order valence-corrected chi connectivity index (χ4v) is 1.28. The normalized spacial score (nSPS) is 8.80. The van der Waals surface area contributed by atoms with Crippen molar-refractivity contribution in [2.75, 3.05) is 13.6 Å². The van der Waals surface area contributed by atoms with Crippen LogP contribution in [0.1, 0.15) is 58.3 Å². The smallest absolute Gasteiger partial charge is 0 e. The Morgan fingerprint density at radius 3 is 1.53 bits per heavy atom. The Morgan fingerprint density at radius 1 is 0.867 bits per heavy atom. The van der Waals surface area contributed by atoms with E-state index in [0.29, 0.717) is 0 Å². The summed E-state index contributed by atoms with van der Waals surface area (Å²) in [6.07, 6.45) is 11.0. The van der Waals surface area contributed by atoms with Crippen molar-refractivity contribution in [2.24, 2.45) is 11.6 Å². The van der Waals surface area contributed by atoms with Gasteiger partial charge in [-0.2, -0.15) is 0 Å². The number of nitrogens with two attached hydrogens (primary N) is 2. The van der Waals surface area contributed by atoms with E-state index in [0.717, 1.165) is 6.54 Å². The standard InChI is InChI=1S/C10H23N.CH6N2.Na/c1-2-3-4-5-6-7-8-9-10-11;1-3-2;/h2-11H2,1H3;3H,2H2,1H3;. The van der Waals surface area contributed by atoms with Gasteiger partial charge in [0.25, 0.3) is 0 Å². The number of hydrogen-bond donors (Lipinski definition) is 3. The summed E-state index contributed by atoms with van der Waals surface area (Å²) in [6.45, 7) is 3.13. The summed E-state index contributed by atoms with van der Waals surface area (Å²) >= 11 is 0. The molecule has 0 atom stereocenters. The number of unbranched alkanes of at least 4 members (excludes halogenated alkanes) is 7. The molecule has 0 aromatic carbocycles. The van der Waals surface area contributed by atoms with Crippen LogP contribution < -0.4 is 17.0 Å². The van der Waals surface area contributed by atoms with Crippen LogP contribution in [-0.4, -0.2) is 43.1 Å². The number of rotatable bonds is 8. The molecule has 0 bridgehead atoms. The SMILES string of the molecule is CCCCCCCCCCN.CNN.[Na]. The Hall–Kier alpha value is 0.880. The third-order valence-electron chi connectivity index (χ3n) is 2.06. The average molecular weight is 226 g/mol. The molecule has 0 aliphatic heterocycles. The molecule has 0 rings (SSSR count). The van der Waals surface area contributed by atoms with E-state index in [4.69, 9.17) is 5.73 Å². The molecule has 5 N–H and O–H groups in total. The zero-order valence-electron chi connectivity index (χ0n) is 11.0. The average Bonchev–Trinajstić information content (AvgIpc) is 2.18. The van der Waals surface area contributed by atoms with Crippen LogP contribution in [-0.2, 0) is 0 Å². The van der Waals surface area contributed by atoms with E-state index in [1.807, 2.05) is 0 Å². The van der Waals surface area contributed by atoms with Crippen molar-refractivity contribution in [3.05, 3.63) is 0 Å². The van der Waals surface area contributed by atoms with Crippen LogP contribution in [0.2, 0.25) is 0 Å². The second kappa shape index (κ2) is 24.2. The molecule has 0 aliphatic rings. The molecule has 0 aromatic heterocycles. The molecule has 89 valence electrons. The van der Waals surface area contributed by atoms with Crippen LogP contribution >= 0.6 is 0 Å². The molecule has 0 fully saturated rings. The summed E-state index contributed by atoms with van der Waals surface area (Å²) in [5.74, 6) is 4.60. The van der Waals surface area contributed by atoms with Gasteiger partial charge in [0.1, 0.15) is 0 Å². The molecule has 4 heteroatoms. The zero-order chi connectivity index (χ0) is 11.1. The van der Waals surface area contributed by atoms with Gasteiger partial charge in [0.2, 0.25) is 0 Å². The predicted octanol–water partition coefficient (Wildman–Crippen LogP) is 1.78. The van der Waals surface area contributed by atoms with E-state index in [1.165, 1.54) is 51.4 Å². The first-order valence-electron chi connectivity index (χ1n) is 5.90. The van der Waals surface area contributed by atoms with Crippen LogP contribution in [0, 0.1) is 0 Å². The van der Waals surface area contributed by atoms with E-state index in [-0.39, 0.29) is 29.6 Å². The van der Waals surface area contributed by atoms with Gasteiger partial charge in [-0.05, 0) is 20.0 Å². The first kappa shape index (κ1) is 21.2. The molecule has 0 amide bonds. The molecule has 0 saturated heterocycles. The Kier molecular flexibility index (Phi) is 34.2. The third-order valence-corrected chi connectivity index (χ3v) is 2.06. The Bertz CT molecular complexity index is 74.2. The van der Waals surface area contributed by atoms with Crippen LogP contribution in [0.5, 0.6) is 0 Å². The molecular weight excluding hydrogens is 197 g/mol. The molecule has 0 spiro atoms. The van der Waals surface area contributed by atoms with Gasteiger partial charge in [-0.3, -0.25) is 11.3 Å². The summed E-state index contributed by atoms with van der Waals surface area (Å²) in [6, 6.07) is 0. The summed E-state index contributed by atoms with van der Waals surface area (Å²) in [5, 5.41) is 0. The molecule has 0 saturated carbocycles. The van der Waals surface area contributed by atoms with Crippen molar-refractivity contribution in [1.82, 2.24) is 5.43 Å². The van der Waals surface area contributed by atoms with Crippen LogP contribution in [0.25, 0.3) is 0 Å².